The number of para-hydroxylation sites is 1. The lowest BCUT2D eigenvalue weighted by Crippen LogP contribution is -2.55. The number of aliphatic hydroxyl groups excluding tert-OH is 1. The minimum atomic E-state index is -3.30. The Kier molecular flexibility index (Phi) is 6.62. The highest BCUT2D eigenvalue weighted by Gasteiger charge is 2.40. The second kappa shape index (κ2) is 9.64. The van der Waals surface area contributed by atoms with E-state index in [0.717, 1.165) is 16.0 Å². The third kappa shape index (κ3) is 4.76. The molecule has 13 heteroatoms. The van der Waals surface area contributed by atoms with Gasteiger partial charge < -0.3 is 36.3 Å². The van der Waals surface area contributed by atoms with E-state index in [-0.39, 0.29) is 24.4 Å². The maximum absolute atomic E-state index is 13.1. The lowest BCUT2D eigenvalue weighted by molar-refractivity contribution is -0.150. The predicted octanol–water partition coefficient (Wildman–Crippen LogP) is 0.337. The van der Waals surface area contributed by atoms with E-state index in [0.29, 0.717) is 18.1 Å². The van der Waals surface area contributed by atoms with Crippen molar-refractivity contribution in [2.45, 2.75) is 25.4 Å². The number of aliphatic hydroxyl groups is 1. The molecule has 35 heavy (non-hydrogen) atoms. The number of hydrogen-bond acceptors (Lipinski definition) is 8. The number of amides is 3. The first kappa shape index (κ1) is 24.0. The van der Waals surface area contributed by atoms with Gasteiger partial charge in [0.15, 0.2) is 18.0 Å². The van der Waals surface area contributed by atoms with Crippen molar-refractivity contribution in [3.05, 3.63) is 53.1 Å². The highest BCUT2D eigenvalue weighted by atomic mass is 19.3. The van der Waals surface area contributed by atoms with E-state index in [1.165, 1.54) is 18.2 Å². The van der Waals surface area contributed by atoms with Gasteiger partial charge in [-0.15, -0.1) is 0 Å². The summed E-state index contributed by atoms with van der Waals surface area (Å²) in [5.74, 6) is -3.07. The van der Waals surface area contributed by atoms with E-state index in [9.17, 15) is 28.3 Å². The number of benzene rings is 2. The lowest BCUT2D eigenvalue weighted by atomic mass is 10.1. The second-order valence-electron chi connectivity index (χ2n) is 7.69. The van der Waals surface area contributed by atoms with Gasteiger partial charge in [0.25, 0.3) is 17.7 Å². The predicted molar refractivity (Wildman–Crippen MR) is 119 cm³/mol. The van der Waals surface area contributed by atoms with Crippen LogP contribution in [0.1, 0.15) is 21.5 Å². The molecule has 2 aromatic rings. The normalized spacial score (nSPS) is 18.2. The summed E-state index contributed by atoms with van der Waals surface area (Å²) in [4.78, 5) is 42.6. The Morgan fingerprint density at radius 2 is 2.06 bits per heavy atom. The first-order chi connectivity index (χ1) is 16.7. The maximum atomic E-state index is 13.1. The van der Waals surface area contributed by atoms with Crippen LogP contribution in [0.25, 0.3) is 0 Å². The molecule has 1 saturated heterocycles. The monoisotopic (exact) mass is 489 g/mol. The van der Waals surface area contributed by atoms with Gasteiger partial charge in [0, 0.05) is 17.8 Å². The molecule has 0 spiro atoms. The molecule has 2 aliphatic rings. The summed E-state index contributed by atoms with van der Waals surface area (Å²) >= 11 is 0. The number of rotatable bonds is 7. The third-order valence-electron chi connectivity index (χ3n) is 5.50. The van der Waals surface area contributed by atoms with Gasteiger partial charge in [-0.25, -0.2) is 0 Å². The number of nitrogens with two attached hydrogens (primary N) is 2. The zero-order valence-corrected chi connectivity index (χ0v) is 18.1. The van der Waals surface area contributed by atoms with Crippen LogP contribution in [0.2, 0.25) is 0 Å². The van der Waals surface area contributed by atoms with Crippen LogP contribution in [0, 0.1) is 0 Å². The van der Waals surface area contributed by atoms with Gasteiger partial charge in [0.05, 0.1) is 24.4 Å². The molecule has 4 rings (SSSR count). The fraction of sp³-hybridized carbons (Fsp3) is 0.273. The molecule has 0 saturated carbocycles. The van der Waals surface area contributed by atoms with Crippen molar-refractivity contribution < 1.29 is 37.7 Å². The van der Waals surface area contributed by atoms with Gasteiger partial charge in [-0.2, -0.15) is 8.78 Å². The van der Waals surface area contributed by atoms with Crippen molar-refractivity contribution in [3.8, 4) is 5.75 Å². The molecule has 0 radical (unpaired) electrons. The number of alkyl halides is 2. The molecule has 1 fully saturated rings. The molecule has 11 nitrogen and oxygen atoms in total. The van der Waals surface area contributed by atoms with E-state index in [1.54, 1.807) is 18.2 Å². The zero-order valence-electron chi connectivity index (χ0n) is 18.1. The Hall–Kier alpha value is -4.10. The van der Waals surface area contributed by atoms with E-state index >= 15 is 0 Å². The molecule has 2 unspecified atom stereocenters. The Morgan fingerprint density at radius 3 is 2.77 bits per heavy atom. The number of hydrogen-bond donors (Lipinski definition) is 4. The number of amidine groups is 1. The van der Waals surface area contributed by atoms with Crippen LogP contribution in [0.15, 0.2) is 41.4 Å². The summed E-state index contributed by atoms with van der Waals surface area (Å²) in [5, 5.41) is 13.1. The van der Waals surface area contributed by atoms with Crippen LogP contribution in [-0.2, 0) is 20.9 Å². The summed E-state index contributed by atoms with van der Waals surface area (Å²) in [6.45, 7) is -3.20. The van der Waals surface area contributed by atoms with E-state index < -0.39 is 42.3 Å². The minimum Gasteiger partial charge on any atom is -0.432 e. The minimum absolute atomic E-state index is 0.113. The van der Waals surface area contributed by atoms with Crippen molar-refractivity contribution in [3.63, 3.8) is 0 Å². The highest BCUT2D eigenvalue weighted by molar-refractivity contribution is 6.06. The smallest absolute Gasteiger partial charge is 0.387 e. The van der Waals surface area contributed by atoms with Crippen molar-refractivity contribution in [1.29, 1.82) is 0 Å². The number of fused-ring (bicyclic) bond motifs is 1. The molecule has 184 valence electrons. The second-order valence-corrected chi connectivity index (χ2v) is 7.69. The van der Waals surface area contributed by atoms with Crippen LogP contribution in [0.4, 0.5) is 20.2 Å². The van der Waals surface area contributed by atoms with Crippen LogP contribution < -0.4 is 26.4 Å². The molecule has 6 N–H and O–H groups in total. The number of morpholine rings is 1. The van der Waals surface area contributed by atoms with Crippen molar-refractivity contribution >= 4 is 34.9 Å². The topological polar surface area (TPSA) is 170 Å². The molecular weight excluding hydrogens is 468 g/mol. The highest BCUT2D eigenvalue weighted by Crippen LogP contribution is 2.35. The molecule has 2 aromatic carbocycles. The van der Waals surface area contributed by atoms with Gasteiger partial charge in [-0.1, -0.05) is 6.07 Å². The average Bonchev–Trinajstić information content (AvgIpc) is 3.18. The van der Waals surface area contributed by atoms with E-state index in [2.05, 4.69) is 15.0 Å². The van der Waals surface area contributed by atoms with Crippen LogP contribution in [0.3, 0.4) is 0 Å². The summed E-state index contributed by atoms with van der Waals surface area (Å²) in [7, 11) is 0. The maximum Gasteiger partial charge on any atom is 0.387 e. The van der Waals surface area contributed by atoms with Crippen LogP contribution >= 0.6 is 0 Å². The zero-order chi connectivity index (χ0) is 25.3. The van der Waals surface area contributed by atoms with E-state index in [1.807, 2.05) is 0 Å². The number of halogens is 2. The van der Waals surface area contributed by atoms with Crippen molar-refractivity contribution in [1.82, 2.24) is 0 Å². The van der Waals surface area contributed by atoms with Gasteiger partial charge >= 0.3 is 6.61 Å². The summed E-state index contributed by atoms with van der Waals surface area (Å²) < 4.78 is 35.9. The number of carbonyl (C=O) groups excluding carboxylic acids is 3. The quantitative estimate of drug-likeness (QED) is 0.434. The molecule has 2 heterocycles. The molecule has 0 aliphatic carbocycles. The van der Waals surface area contributed by atoms with Crippen LogP contribution in [-0.4, -0.2) is 60.6 Å². The van der Waals surface area contributed by atoms with Crippen molar-refractivity contribution in [2.24, 2.45) is 16.5 Å². The Bertz CT molecular complexity index is 1220. The first-order valence-electron chi connectivity index (χ1n) is 10.4. The standard InChI is InChI=1S/C22H21F2N5O6/c23-22(24)35-16-13(19(26)31)2-1-3-14(16)29-6-7-34-17(21(29)33)15(30)20(32)28-11-4-5-12-10(8-11)9-27-18(12)25/h1-5,8,15,17,22,30H,6-7,9H2,(H2,25,27)(H2,26,31)(H,28,32). The average molecular weight is 489 g/mol. The largest absolute Gasteiger partial charge is 0.432 e. The molecule has 3 amide bonds. The molecule has 0 aromatic heterocycles. The fourth-order valence-electron chi connectivity index (χ4n) is 3.88. The number of nitrogens with one attached hydrogen (secondary N) is 1. The Labute approximate surface area is 197 Å². The molecular formula is C22H21F2N5O6. The fourth-order valence-corrected chi connectivity index (χ4v) is 3.88. The number of aliphatic imine (C=N–C) groups is 1. The Balaban J connectivity index is 1.54. The van der Waals surface area contributed by atoms with Crippen molar-refractivity contribution in [2.75, 3.05) is 23.4 Å². The molecule has 2 aliphatic heterocycles. The Morgan fingerprint density at radius 1 is 1.29 bits per heavy atom. The first-order valence-corrected chi connectivity index (χ1v) is 10.4. The van der Waals surface area contributed by atoms with E-state index in [4.69, 9.17) is 16.2 Å². The molecule has 0 bridgehead atoms. The summed E-state index contributed by atoms with van der Waals surface area (Å²) in [6.07, 6.45) is -3.58. The summed E-state index contributed by atoms with van der Waals surface area (Å²) in [5.41, 5.74) is 12.4. The number of primary amides is 1. The van der Waals surface area contributed by atoms with Gasteiger partial charge in [-0.05, 0) is 35.9 Å². The van der Waals surface area contributed by atoms with Gasteiger partial charge in [0.1, 0.15) is 5.84 Å². The summed E-state index contributed by atoms with van der Waals surface area (Å²) in [6, 6.07) is 8.65. The molecule has 2 atom stereocenters. The number of anilines is 2. The number of carbonyl (C=O) groups is 3. The van der Waals surface area contributed by atoms with Gasteiger partial charge in [-0.3, -0.25) is 19.4 Å². The SMILES string of the molecule is NC(=O)c1cccc(N2CCOC(C(O)C(=O)Nc3ccc4c(c3)CN=C4N)C2=O)c1OC(F)F. The van der Waals surface area contributed by atoms with Crippen LogP contribution in [0.5, 0.6) is 5.75 Å². The number of ether oxygens (including phenoxy) is 2. The third-order valence-corrected chi connectivity index (χ3v) is 5.50. The number of nitrogens with zero attached hydrogens (tertiary/aromatic N) is 2. The lowest BCUT2D eigenvalue weighted by Gasteiger charge is -2.35. The van der Waals surface area contributed by atoms with Gasteiger partial charge in [0.2, 0.25) is 0 Å².